The lowest BCUT2D eigenvalue weighted by molar-refractivity contribution is -0.138. The standard InChI is InChI=1S/C30H22FN3O4S/c1-2-37-29(36)25-26(19-8-4-3-5-9-19)33-30-34(27(25)20-12-14-22(31)15-13-20)28(35)24(39-30)18-21-10-6-7-11-23(21)38-17-16-32/h3-15,18,27H,2,17H2,1H3/b24-18-/t27-/m0/s1. The Morgan fingerprint density at radius 2 is 1.82 bits per heavy atom. The summed E-state index contributed by atoms with van der Waals surface area (Å²) >= 11 is 1.16. The van der Waals surface area contributed by atoms with E-state index in [0.29, 0.717) is 37.5 Å². The van der Waals surface area contributed by atoms with Crippen molar-refractivity contribution in [2.45, 2.75) is 13.0 Å². The maximum atomic E-state index is 13.9. The number of hydrogen-bond acceptors (Lipinski definition) is 7. The first kappa shape index (κ1) is 25.8. The van der Waals surface area contributed by atoms with Crippen LogP contribution < -0.4 is 19.6 Å². The lowest BCUT2D eigenvalue weighted by atomic mass is 9.93. The number of halogens is 1. The maximum absolute atomic E-state index is 13.9. The van der Waals surface area contributed by atoms with Crippen LogP contribution in [0, 0.1) is 17.1 Å². The predicted octanol–water partition coefficient (Wildman–Crippen LogP) is 3.98. The van der Waals surface area contributed by atoms with Gasteiger partial charge in [-0.3, -0.25) is 9.36 Å². The molecule has 1 aromatic heterocycles. The van der Waals surface area contributed by atoms with E-state index in [4.69, 9.17) is 19.7 Å². The smallest absolute Gasteiger partial charge is 0.338 e. The van der Waals surface area contributed by atoms with Crippen molar-refractivity contribution in [3.63, 3.8) is 0 Å². The Kier molecular flexibility index (Phi) is 7.48. The summed E-state index contributed by atoms with van der Waals surface area (Å²) in [4.78, 5) is 32.5. The quantitative estimate of drug-likeness (QED) is 0.331. The van der Waals surface area contributed by atoms with Crippen molar-refractivity contribution < 1.29 is 18.7 Å². The summed E-state index contributed by atoms with van der Waals surface area (Å²) in [7, 11) is 0. The van der Waals surface area contributed by atoms with Crippen LogP contribution in [0.15, 0.2) is 94.2 Å². The molecule has 0 N–H and O–H groups in total. The second kappa shape index (κ2) is 11.3. The summed E-state index contributed by atoms with van der Waals surface area (Å²) in [6.07, 6.45) is 1.68. The first-order valence-corrected chi connectivity index (χ1v) is 13.0. The van der Waals surface area contributed by atoms with Crippen LogP contribution in [-0.4, -0.2) is 23.8 Å². The van der Waals surface area contributed by atoms with Crippen molar-refractivity contribution in [3.8, 4) is 11.8 Å². The molecule has 0 saturated heterocycles. The zero-order valence-electron chi connectivity index (χ0n) is 20.8. The SMILES string of the molecule is CCOC(=O)C1=C(c2ccccc2)N=c2s/c(=C\c3ccccc3OCC#N)c(=O)n2[C@H]1c1ccc(F)cc1. The Balaban J connectivity index is 1.80. The molecule has 0 saturated carbocycles. The van der Waals surface area contributed by atoms with Gasteiger partial charge in [-0.15, -0.1) is 0 Å². The van der Waals surface area contributed by atoms with Crippen molar-refractivity contribution in [2.24, 2.45) is 4.99 Å². The van der Waals surface area contributed by atoms with E-state index in [0.717, 1.165) is 11.3 Å². The van der Waals surface area contributed by atoms with E-state index >= 15 is 0 Å². The molecule has 39 heavy (non-hydrogen) atoms. The number of para-hydroxylation sites is 1. The third-order valence-electron chi connectivity index (χ3n) is 6.06. The zero-order chi connectivity index (χ0) is 27.4. The van der Waals surface area contributed by atoms with Gasteiger partial charge in [0.25, 0.3) is 5.56 Å². The van der Waals surface area contributed by atoms with Gasteiger partial charge in [0, 0.05) is 11.1 Å². The van der Waals surface area contributed by atoms with Crippen molar-refractivity contribution in [3.05, 3.63) is 127 Å². The van der Waals surface area contributed by atoms with E-state index in [1.807, 2.05) is 36.4 Å². The van der Waals surface area contributed by atoms with Crippen LogP contribution in [0.2, 0.25) is 0 Å². The summed E-state index contributed by atoms with van der Waals surface area (Å²) < 4.78 is 26.6. The molecule has 0 spiro atoms. The van der Waals surface area contributed by atoms with Crippen LogP contribution in [0.4, 0.5) is 4.39 Å². The minimum Gasteiger partial charge on any atom is -0.478 e. The summed E-state index contributed by atoms with van der Waals surface area (Å²) in [6.45, 7) is 1.69. The van der Waals surface area contributed by atoms with E-state index < -0.39 is 17.8 Å². The van der Waals surface area contributed by atoms with Crippen molar-refractivity contribution in [1.29, 1.82) is 5.26 Å². The summed E-state index contributed by atoms with van der Waals surface area (Å²) in [5, 5.41) is 8.93. The number of thiazole rings is 1. The van der Waals surface area contributed by atoms with Crippen LogP contribution in [0.5, 0.6) is 5.75 Å². The molecule has 3 aromatic carbocycles. The largest absolute Gasteiger partial charge is 0.478 e. The number of ether oxygens (including phenoxy) is 2. The molecule has 0 radical (unpaired) electrons. The molecule has 0 aliphatic carbocycles. The van der Waals surface area contributed by atoms with Gasteiger partial charge < -0.3 is 9.47 Å². The van der Waals surface area contributed by atoms with E-state index in [9.17, 15) is 14.0 Å². The van der Waals surface area contributed by atoms with E-state index in [1.165, 1.54) is 16.7 Å². The van der Waals surface area contributed by atoms with Gasteiger partial charge in [-0.05, 0) is 36.8 Å². The number of nitriles is 1. The monoisotopic (exact) mass is 539 g/mol. The number of benzene rings is 3. The van der Waals surface area contributed by atoms with Gasteiger partial charge in [-0.25, -0.2) is 14.2 Å². The number of carbonyl (C=O) groups excluding carboxylic acids is 1. The highest BCUT2D eigenvalue weighted by Crippen LogP contribution is 2.35. The molecule has 1 aliphatic heterocycles. The van der Waals surface area contributed by atoms with Crippen molar-refractivity contribution in [1.82, 2.24) is 4.57 Å². The Labute approximate surface area is 227 Å². The topological polar surface area (TPSA) is 93.7 Å². The van der Waals surface area contributed by atoms with Crippen molar-refractivity contribution in [2.75, 3.05) is 13.2 Å². The first-order chi connectivity index (χ1) is 19.0. The molecule has 5 rings (SSSR count). The molecule has 1 atom stereocenters. The molecule has 7 nitrogen and oxygen atoms in total. The number of hydrogen-bond donors (Lipinski definition) is 0. The minimum atomic E-state index is -0.900. The Hall–Kier alpha value is -4.81. The molecule has 1 aliphatic rings. The average Bonchev–Trinajstić information content (AvgIpc) is 3.27. The highest BCUT2D eigenvalue weighted by atomic mass is 32.1. The fourth-order valence-corrected chi connectivity index (χ4v) is 5.38. The van der Waals surface area contributed by atoms with Gasteiger partial charge in [0.15, 0.2) is 11.4 Å². The molecule has 0 fully saturated rings. The number of carbonyl (C=O) groups is 1. The van der Waals surface area contributed by atoms with Gasteiger partial charge >= 0.3 is 5.97 Å². The fourth-order valence-electron chi connectivity index (χ4n) is 4.38. The number of nitrogens with zero attached hydrogens (tertiary/aromatic N) is 3. The fraction of sp³-hybridized carbons (Fsp3) is 0.133. The van der Waals surface area contributed by atoms with Crippen LogP contribution in [0.1, 0.15) is 29.7 Å². The van der Waals surface area contributed by atoms with Crippen LogP contribution in [0.3, 0.4) is 0 Å². The average molecular weight is 540 g/mol. The van der Waals surface area contributed by atoms with E-state index in [1.54, 1.807) is 49.4 Å². The Morgan fingerprint density at radius 3 is 2.54 bits per heavy atom. The van der Waals surface area contributed by atoms with Gasteiger partial charge in [0.2, 0.25) is 0 Å². The molecule has 0 bridgehead atoms. The lowest BCUT2D eigenvalue weighted by Crippen LogP contribution is -2.40. The van der Waals surface area contributed by atoms with Crippen LogP contribution in [0.25, 0.3) is 11.8 Å². The highest BCUT2D eigenvalue weighted by Gasteiger charge is 2.35. The zero-order valence-corrected chi connectivity index (χ0v) is 21.7. The Bertz CT molecular complexity index is 1780. The van der Waals surface area contributed by atoms with Crippen molar-refractivity contribution >= 4 is 29.1 Å². The first-order valence-electron chi connectivity index (χ1n) is 12.1. The van der Waals surface area contributed by atoms with Gasteiger partial charge in [-0.2, -0.15) is 5.26 Å². The molecule has 0 amide bonds. The van der Waals surface area contributed by atoms with Crippen LogP contribution in [-0.2, 0) is 9.53 Å². The van der Waals surface area contributed by atoms with Gasteiger partial charge in [0.05, 0.1) is 28.5 Å². The summed E-state index contributed by atoms with van der Waals surface area (Å²) in [5.74, 6) is -0.596. The molecule has 194 valence electrons. The van der Waals surface area contributed by atoms with E-state index in [-0.39, 0.29) is 24.3 Å². The molecule has 0 unspecified atom stereocenters. The number of esters is 1. The Morgan fingerprint density at radius 1 is 1.10 bits per heavy atom. The minimum absolute atomic E-state index is 0.129. The normalized spacial score (nSPS) is 14.8. The second-order valence-corrected chi connectivity index (χ2v) is 9.48. The highest BCUT2D eigenvalue weighted by molar-refractivity contribution is 7.07. The third kappa shape index (κ3) is 5.15. The molecule has 2 heterocycles. The maximum Gasteiger partial charge on any atom is 0.338 e. The molecule has 4 aromatic rings. The van der Waals surface area contributed by atoms with Gasteiger partial charge in [0.1, 0.15) is 17.6 Å². The summed E-state index contributed by atoms with van der Waals surface area (Å²) in [6, 6.07) is 23.0. The molecule has 9 heteroatoms. The molecular weight excluding hydrogens is 517 g/mol. The van der Waals surface area contributed by atoms with E-state index in [2.05, 4.69) is 0 Å². The number of aromatic nitrogens is 1. The summed E-state index contributed by atoms with van der Waals surface area (Å²) in [5.41, 5.74) is 2.02. The number of fused-ring (bicyclic) bond motifs is 1. The third-order valence-corrected chi connectivity index (χ3v) is 7.04. The van der Waals surface area contributed by atoms with Gasteiger partial charge in [-0.1, -0.05) is 72.0 Å². The number of rotatable bonds is 7. The van der Waals surface area contributed by atoms with Crippen LogP contribution >= 0.6 is 11.3 Å². The second-order valence-electron chi connectivity index (χ2n) is 8.47. The lowest BCUT2D eigenvalue weighted by Gasteiger charge is -2.25. The predicted molar refractivity (Wildman–Crippen MR) is 145 cm³/mol. The molecular formula is C30H22FN3O4S.